The van der Waals surface area contributed by atoms with Gasteiger partial charge in [-0.3, -0.25) is 9.59 Å². The molecule has 0 saturated heterocycles. The number of amides is 2. The maximum atomic E-state index is 11.7. The monoisotopic (exact) mass is 283 g/mol. The number of carbonyl (C=O) groups is 2. The predicted molar refractivity (Wildman–Crippen MR) is 72.7 cm³/mol. The second-order valence-electron chi connectivity index (χ2n) is 3.66. The van der Waals surface area contributed by atoms with Gasteiger partial charge in [0.1, 0.15) is 5.25 Å². The first-order valence-electron chi connectivity index (χ1n) is 5.14. The average Bonchev–Trinajstić information content (AvgIpc) is 2.57. The zero-order valence-corrected chi connectivity index (χ0v) is 10.8. The molecule has 1 atom stereocenters. The number of carbonyl (C=O) groups excluding carboxylic acids is 2. The van der Waals surface area contributed by atoms with Crippen molar-refractivity contribution in [1.29, 1.82) is 0 Å². The highest BCUT2D eigenvalue weighted by molar-refractivity contribution is 8.15. The van der Waals surface area contributed by atoms with Crippen molar-refractivity contribution in [2.45, 2.75) is 11.7 Å². The predicted octanol–water partition coefficient (Wildman–Crippen LogP) is 1.63. The van der Waals surface area contributed by atoms with E-state index in [1.54, 1.807) is 24.3 Å². The zero-order valence-electron chi connectivity index (χ0n) is 9.22. The molecule has 1 unspecified atom stereocenters. The van der Waals surface area contributed by atoms with Crippen LogP contribution >= 0.6 is 23.4 Å². The Hall–Kier alpha value is -1.53. The van der Waals surface area contributed by atoms with Crippen molar-refractivity contribution >= 4 is 46.0 Å². The van der Waals surface area contributed by atoms with Crippen molar-refractivity contribution in [3.8, 4) is 0 Å². The first-order chi connectivity index (χ1) is 8.54. The van der Waals surface area contributed by atoms with Crippen LogP contribution < -0.4 is 11.1 Å². The van der Waals surface area contributed by atoms with E-state index in [9.17, 15) is 9.59 Å². The summed E-state index contributed by atoms with van der Waals surface area (Å²) in [4.78, 5) is 26.6. The van der Waals surface area contributed by atoms with Crippen LogP contribution in [0.15, 0.2) is 29.3 Å². The van der Waals surface area contributed by atoms with E-state index < -0.39 is 5.25 Å². The van der Waals surface area contributed by atoms with E-state index in [1.165, 1.54) is 0 Å². The minimum Gasteiger partial charge on any atom is -0.378 e. The lowest BCUT2D eigenvalue weighted by Gasteiger charge is -2.08. The standard InChI is InChI=1S/C11H10ClN3O2S/c12-6-2-1-3-7(4-6)14-9(16)5-8-10(17)15-11(13)18-8/h1-4,8H,5H2,(H,14,16)(H2,13,15,17). The number of benzene rings is 1. The third kappa shape index (κ3) is 3.24. The van der Waals surface area contributed by atoms with Crippen molar-refractivity contribution < 1.29 is 9.59 Å². The molecular formula is C11H10ClN3O2S. The Morgan fingerprint density at radius 2 is 2.33 bits per heavy atom. The molecule has 0 fully saturated rings. The molecule has 0 aliphatic carbocycles. The molecule has 5 nitrogen and oxygen atoms in total. The van der Waals surface area contributed by atoms with Crippen LogP contribution in [0.4, 0.5) is 5.69 Å². The molecular weight excluding hydrogens is 274 g/mol. The van der Waals surface area contributed by atoms with Crippen molar-refractivity contribution in [3.05, 3.63) is 29.3 Å². The van der Waals surface area contributed by atoms with E-state index in [4.69, 9.17) is 17.3 Å². The van der Waals surface area contributed by atoms with Gasteiger partial charge in [0.25, 0.3) is 5.91 Å². The Balaban J connectivity index is 1.92. The largest absolute Gasteiger partial charge is 0.378 e. The number of halogens is 1. The summed E-state index contributed by atoms with van der Waals surface area (Å²) >= 11 is 6.90. The molecule has 0 bridgehead atoms. The van der Waals surface area contributed by atoms with Gasteiger partial charge < -0.3 is 11.1 Å². The Kier molecular flexibility index (Phi) is 3.88. The van der Waals surface area contributed by atoms with Crippen molar-refractivity contribution in [2.24, 2.45) is 10.7 Å². The molecule has 0 saturated carbocycles. The van der Waals surface area contributed by atoms with Crippen LogP contribution in [0.1, 0.15) is 6.42 Å². The minimum atomic E-state index is -0.524. The van der Waals surface area contributed by atoms with Crippen LogP contribution in [0.5, 0.6) is 0 Å². The van der Waals surface area contributed by atoms with Crippen LogP contribution in [-0.4, -0.2) is 22.2 Å². The number of anilines is 1. The zero-order chi connectivity index (χ0) is 13.1. The van der Waals surface area contributed by atoms with Gasteiger partial charge in [0, 0.05) is 17.1 Å². The molecule has 2 amide bonds. The van der Waals surface area contributed by atoms with E-state index in [0.717, 1.165) is 11.8 Å². The number of amidine groups is 1. The maximum absolute atomic E-state index is 11.7. The lowest BCUT2D eigenvalue weighted by atomic mass is 10.2. The molecule has 1 heterocycles. The number of nitrogens with two attached hydrogens (primary N) is 1. The first-order valence-corrected chi connectivity index (χ1v) is 6.40. The molecule has 0 radical (unpaired) electrons. The van der Waals surface area contributed by atoms with Gasteiger partial charge in [-0.2, -0.15) is 4.99 Å². The summed E-state index contributed by atoms with van der Waals surface area (Å²) < 4.78 is 0. The van der Waals surface area contributed by atoms with Crippen LogP contribution in [0.2, 0.25) is 5.02 Å². The molecule has 18 heavy (non-hydrogen) atoms. The number of nitrogens with zero attached hydrogens (tertiary/aromatic N) is 1. The van der Waals surface area contributed by atoms with Gasteiger partial charge in [-0.1, -0.05) is 29.4 Å². The number of thioether (sulfide) groups is 1. The second-order valence-corrected chi connectivity index (χ2v) is 5.32. The molecule has 3 N–H and O–H groups in total. The van der Waals surface area contributed by atoms with E-state index in [1.807, 2.05) is 0 Å². The quantitative estimate of drug-likeness (QED) is 0.883. The summed E-state index contributed by atoms with van der Waals surface area (Å²) in [6.07, 6.45) is 0.0419. The summed E-state index contributed by atoms with van der Waals surface area (Å²) in [7, 11) is 0. The van der Waals surface area contributed by atoms with Gasteiger partial charge >= 0.3 is 0 Å². The third-order valence-corrected chi connectivity index (χ3v) is 3.46. The number of hydrogen-bond donors (Lipinski definition) is 2. The van der Waals surface area contributed by atoms with Gasteiger partial charge in [0.2, 0.25) is 5.91 Å². The van der Waals surface area contributed by atoms with Crippen LogP contribution in [-0.2, 0) is 9.59 Å². The van der Waals surface area contributed by atoms with E-state index >= 15 is 0 Å². The molecule has 0 aromatic heterocycles. The number of hydrogen-bond acceptors (Lipinski definition) is 4. The minimum absolute atomic E-state index is 0.0419. The smallest absolute Gasteiger partial charge is 0.262 e. The normalized spacial score (nSPS) is 18.6. The van der Waals surface area contributed by atoms with Crippen molar-refractivity contribution in [3.63, 3.8) is 0 Å². The van der Waals surface area contributed by atoms with E-state index in [2.05, 4.69) is 10.3 Å². The van der Waals surface area contributed by atoms with Gasteiger partial charge in [-0.05, 0) is 18.2 Å². The average molecular weight is 284 g/mol. The fourth-order valence-electron chi connectivity index (χ4n) is 1.48. The van der Waals surface area contributed by atoms with Gasteiger partial charge in [0.05, 0.1) is 0 Å². The lowest BCUT2D eigenvalue weighted by Crippen LogP contribution is -2.21. The fraction of sp³-hybridized carbons (Fsp3) is 0.182. The second kappa shape index (κ2) is 5.41. The highest BCUT2D eigenvalue weighted by Crippen LogP contribution is 2.23. The lowest BCUT2D eigenvalue weighted by molar-refractivity contribution is -0.121. The van der Waals surface area contributed by atoms with Crippen LogP contribution in [0.3, 0.4) is 0 Å². The van der Waals surface area contributed by atoms with Gasteiger partial charge in [-0.25, -0.2) is 0 Å². The summed E-state index contributed by atoms with van der Waals surface area (Å²) in [6, 6.07) is 6.79. The van der Waals surface area contributed by atoms with Crippen LogP contribution in [0, 0.1) is 0 Å². The summed E-state index contributed by atoms with van der Waals surface area (Å²) in [5.41, 5.74) is 6.00. The van der Waals surface area contributed by atoms with E-state index in [0.29, 0.717) is 10.7 Å². The third-order valence-electron chi connectivity index (χ3n) is 2.24. The molecule has 1 aromatic carbocycles. The molecule has 0 spiro atoms. The number of aliphatic imine (C=N–C) groups is 1. The highest BCUT2D eigenvalue weighted by Gasteiger charge is 2.29. The maximum Gasteiger partial charge on any atom is 0.262 e. The number of rotatable bonds is 3. The Bertz CT molecular complexity index is 533. The Morgan fingerprint density at radius 3 is 2.94 bits per heavy atom. The Labute approximate surface area is 113 Å². The first kappa shape index (κ1) is 12.9. The molecule has 1 aliphatic rings. The SMILES string of the molecule is NC1=NC(=O)C(CC(=O)Nc2cccc(Cl)c2)S1. The number of nitrogens with one attached hydrogen (secondary N) is 1. The van der Waals surface area contributed by atoms with Crippen molar-refractivity contribution in [2.75, 3.05) is 5.32 Å². The van der Waals surface area contributed by atoms with Gasteiger partial charge in [0.15, 0.2) is 5.17 Å². The Morgan fingerprint density at radius 1 is 1.56 bits per heavy atom. The molecule has 1 aliphatic heterocycles. The summed E-state index contributed by atoms with van der Waals surface area (Å²) in [6.45, 7) is 0. The molecule has 94 valence electrons. The molecule has 7 heteroatoms. The summed E-state index contributed by atoms with van der Waals surface area (Å²) in [5, 5.41) is 2.88. The van der Waals surface area contributed by atoms with Crippen molar-refractivity contribution in [1.82, 2.24) is 0 Å². The molecule has 1 aromatic rings. The molecule has 2 rings (SSSR count). The van der Waals surface area contributed by atoms with Crippen LogP contribution in [0.25, 0.3) is 0 Å². The highest BCUT2D eigenvalue weighted by atomic mass is 35.5. The fourth-order valence-corrected chi connectivity index (χ4v) is 2.49. The summed E-state index contributed by atoms with van der Waals surface area (Å²) in [5.74, 6) is -0.633. The topological polar surface area (TPSA) is 84.5 Å². The van der Waals surface area contributed by atoms with E-state index in [-0.39, 0.29) is 23.4 Å². The van der Waals surface area contributed by atoms with Gasteiger partial charge in [-0.15, -0.1) is 0 Å².